The maximum absolute atomic E-state index is 12.5. The fourth-order valence-corrected chi connectivity index (χ4v) is 1.56. The molecule has 0 bridgehead atoms. The normalized spacial score (nSPS) is 13.4. The Morgan fingerprint density at radius 1 is 1.39 bits per heavy atom. The number of carbonyl (C=O) groups is 1. The Morgan fingerprint density at radius 2 is 2.06 bits per heavy atom. The fraction of sp³-hybridized carbons (Fsp3) is 0.462. The van der Waals surface area contributed by atoms with E-state index in [2.05, 4.69) is 0 Å². The van der Waals surface area contributed by atoms with Crippen LogP contribution in [0.3, 0.4) is 0 Å². The van der Waals surface area contributed by atoms with Crippen LogP contribution in [0, 0.1) is 0 Å². The number of halogens is 3. The number of alkyl halides is 3. The number of ketones is 1. The Morgan fingerprint density at radius 3 is 2.61 bits per heavy atom. The Balaban J connectivity index is 2.71. The second-order valence-electron chi connectivity index (χ2n) is 4.16. The van der Waals surface area contributed by atoms with Crippen molar-refractivity contribution in [1.29, 1.82) is 0 Å². The lowest BCUT2D eigenvalue weighted by Gasteiger charge is -2.10. The Bertz CT molecular complexity index is 413. The number of hydrogen-bond acceptors (Lipinski definition) is 2. The number of ether oxygens (including phenoxy) is 1. The van der Waals surface area contributed by atoms with E-state index in [4.69, 9.17) is 4.74 Å². The van der Waals surface area contributed by atoms with Crippen molar-refractivity contribution in [3.63, 3.8) is 0 Å². The van der Waals surface area contributed by atoms with Gasteiger partial charge in [-0.1, -0.05) is 18.2 Å². The van der Waals surface area contributed by atoms with Crippen molar-refractivity contribution in [2.24, 2.45) is 0 Å². The summed E-state index contributed by atoms with van der Waals surface area (Å²) in [7, 11) is 1.49. The van der Waals surface area contributed by atoms with Crippen LogP contribution in [0.15, 0.2) is 24.3 Å². The van der Waals surface area contributed by atoms with Crippen LogP contribution in [-0.4, -0.2) is 19.0 Å². The summed E-state index contributed by atoms with van der Waals surface area (Å²) in [6, 6.07) is 4.83. The quantitative estimate of drug-likeness (QED) is 0.812. The number of benzene rings is 1. The van der Waals surface area contributed by atoms with E-state index >= 15 is 0 Å². The number of Topliss-reactive ketones (excluding diaryl/α,β-unsaturated/α-hetero) is 1. The molecular formula is C13H15F3O2. The highest BCUT2D eigenvalue weighted by Crippen LogP contribution is 2.29. The van der Waals surface area contributed by atoms with Gasteiger partial charge in [0.25, 0.3) is 0 Å². The van der Waals surface area contributed by atoms with E-state index in [1.54, 1.807) is 6.92 Å². The molecule has 5 heteroatoms. The summed E-state index contributed by atoms with van der Waals surface area (Å²) in [4.78, 5) is 11.6. The highest BCUT2D eigenvalue weighted by atomic mass is 19.4. The summed E-state index contributed by atoms with van der Waals surface area (Å²) in [6.45, 7) is 1.74. The molecule has 1 unspecified atom stereocenters. The largest absolute Gasteiger partial charge is 0.416 e. The summed E-state index contributed by atoms with van der Waals surface area (Å²) < 4.78 is 42.3. The predicted molar refractivity (Wildman–Crippen MR) is 61.2 cm³/mol. The average molecular weight is 260 g/mol. The molecular weight excluding hydrogens is 245 g/mol. The smallest absolute Gasteiger partial charge is 0.381 e. The zero-order valence-electron chi connectivity index (χ0n) is 10.3. The highest BCUT2D eigenvalue weighted by molar-refractivity contribution is 5.81. The van der Waals surface area contributed by atoms with E-state index in [1.807, 2.05) is 0 Å². The second-order valence-corrected chi connectivity index (χ2v) is 4.16. The van der Waals surface area contributed by atoms with Gasteiger partial charge in [0.1, 0.15) is 5.78 Å². The van der Waals surface area contributed by atoms with E-state index in [0.717, 1.165) is 12.1 Å². The van der Waals surface area contributed by atoms with Gasteiger partial charge < -0.3 is 4.74 Å². The van der Waals surface area contributed by atoms with Gasteiger partial charge in [0.15, 0.2) is 0 Å². The summed E-state index contributed by atoms with van der Waals surface area (Å²) in [6.07, 6.45) is -4.40. The van der Waals surface area contributed by atoms with Crippen LogP contribution in [0.5, 0.6) is 0 Å². The first-order valence-electron chi connectivity index (χ1n) is 5.53. The van der Waals surface area contributed by atoms with Gasteiger partial charge in [0.2, 0.25) is 0 Å². The minimum atomic E-state index is -4.38. The van der Waals surface area contributed by atoms with Crippen LogP contribution in [0.25, 0.3) is 0 Å². The molecule has 1 rings (SSSR count). The molecule has 0 saturated heterocycles. The molecule has 0 spiro atoms. The molecule has 0 radical (unpaired) electrons. The van der Waals surface area contributed by atoms with Gasteiger partial charge in [0, 0.05) is 20.0 Å². The van der Waals surface area contributed by atoms with Gasteiger partial charge in [-0.3, -0.25) is 4.79 Å². The second kappa shape index (κ2) is 6.00. The Labute approximate surface area is 104 Å². The molecule has 1 atom stereocenters. The van der Waals surface area contributed by atoms with Crippen LogP contribution in [0.2, 0.25) is 0 Å². The van der Waals surface area contributed by atoms with E-state index in [1.165, 1.54) is 19.2 Å². The summed E-state index contributed by atoms with van der Waals surface area (Å²) in [5.74, 6) is -0.135. The molecule has 0 aliphatic carbocycles. The van der Waals surface area contributed by atoms with E-state index < -0.39 is 11.7 Å². The first-order valence-corrected chi connectivity index (χ1v) is 5.53. The number of methoxy groups -OCH3 is 1. The number of hydrogen-bond donors (Lipinski definition) is 0. The summed E-state index contributed by atoms with van der Waals surface area (Å²) in [5.41, 5.74) is -0.356. The minimum Gasteiger partial charge on any atom is -0.381 e. The van der Waals surface area contributed by atoms with Crippen molar-refractivity contribution in [1.82, 2.24) is 0 Å². The molecule has 2 nitrogen and oxygen atoms in total. The SMILES string of the molecule is COC(C)CC(=O)Cc1cccc(C(F)(F)F)c1. The van der Waals surface area contributed by atoms with Crippen molar-refractivity contribution in [2.75, 3.05) is 7.11 Å². The monoisotopic (exact) mass is 260 g/mol. The Kier molecular flexibility index (Phi) is 4.90. The van der Waals surface area contributed by atoms with Crippen LogP contribution < -0.4 is 0 Å². The fourth-order valence-electron chi connectivity index (χ4n) is 1.56. The average Bonchev–Trinajstić information content (AvgIpc) is 2.27. The van der Waals surface area contributed by atoms with Gasteiger partial charge >= 0.3 is 6.18 Å². The molecule has 0 amide bonds. The van der Waals surface area contributed by atoms with Crippen LogP contribution >= 0.6 is 0 Å². The van der Waals surface area contributed by atoms with Gasteiger partial charge in [0.05, 0.1) is 11.7 Å². The van der Waals surface area contributed by atoms with E-state index in [-0.39, 0.29) is 24.7 Å². The zero-order valence-corrected chi connectivity index (χ0v) is 10.3. The topological polar surface area (TPSA) is 26.3 Å². The van der Waals surface area contributed by atoms with Crippen molar-refractivity contribution >= 4 is 5.78 Å². The molecule has 0 fully saturated rings. The van der Waals surface area contributed by atoms with Crippen LogP contribution in [0.4, 0.5) is 13.2 Å². The lowest BCUT2D eigenvalue weighted by atomic mass is 10.0. The van der Waals surface area contributed by atoms with Crippen molar-refractivity contribution < 1.29 is 22.7 Å². The zero-order chi connectivity index (χ0) is 13.8. The molecule has 18 heavy (non-hydrogen) atoms. The molecule has 0 saturated carbocycles. The van der Waals surface area contributed by atoms with Gasteiger partial charge in [-0.05, 0) is 18.6 Å². The molecule has 100 valence electrons. The highest BCUT2D eigenvalue weighted by Gasteiger charge is 2.30. The van der Waals surface area contributed by atoms with Gasteiger partial charge in [-0.2, -0.15) is 13.2 Å². The first kappa shape index (κ1) is 14.7. The first-order chi connectivity index (χ1) is 8.32. The maximum atomic E-state index is 12.5. The van der Waals surface area contributed by atoms with Crippen LogP contribution in [0.1, 0.15) is 24.5 Å². The maximum Gasteiger partial charge on any atom is 0.416 e. The van der Waals surface area contributed by atoms with Gasteiger partial charge in [-0.25, -0.2) is 0 Å². The summed E-state index contributed by atoms with van der Waals surface area (Å²) >= 11 is 0. The van der Waals surface area contributed by atoms with E-state index in [9.17, 15) is 18.0 Å². The predicted octanol–water partition coefficient (Wildman–Crippen LogP) is 3.24. The minimum absolute atomic E-state index is 0.00236. The van der Waals surface area contributed by atoms with Crippen molar-refractivity contribution in [3.8, 4) is 0 Å². The lowest BCUT2D eigenvalue weighted by molar-refractivity contribution is -0.137. The molecule has 0 aliphatic rings. The Hall–Kier alpha value is -1.36. The third kappa shape index (κ3) is 4.49. The molecule has 0 aromatic heterocycles. The lowest BCUT2D eigenvalue weighted by Crippen LogP contribution is -2.14. The van der Waals surface area contributed by atoms with Crippen molar-refractivity contribution in [3.05, 3.63) is 35.4 Å². The molecule has 0 heterocycles. The number of rotatable bonds is 5. The van der Waals surface area contributed by atoms with Crippen LogP contribution in [-0.2, 0) is 22.1 Å². The third-order valence-corrected chi connectivity index (χ3v) is 2.57. The molecule has 1 aromatic rings. The summed E-state index contributed by atoms with van der Waals surface area (Å²) in [5, 5.41) is 0. The van der Waals surface area contributed by atoms with Gasteiger partial charge in [-0.15, -0.1) is 0 Å². The molecule has 0 N–H and O–H groups in total. The molecule has 1 aromatic carbocycles. The number of carbonyl (C=O) groups excluding carboxylic acids is 1. The molecule has 0 aliphatic heterocycles. The third-order valence-electron chi connectivity index (χ3n) is 2.57. The van der Waals surface area contributed by atoms with Crippen molar-refractivity contribution in [2.45, 2.75) is 32.0 Å². The standard InChI is InChI=1S/C13H15F3O2/c1-9(18-2)6-12(17)8-10-4-3-5-11(7-10)13(14,15)16/h3-5,7,9H,6,8H2,1-2H3. The van der Waals surface area contributed by atoms with E-state index in [0.29, 0.717) is 5.56 Å².